The van der Waals surface area contributed by atoms with Crippen LogP contribution in [-0.4, -0.2) is 17.9 Å². The molecule has 3 N–H and O–H groups in total. The van der Waals surface area contributed by atoms with Crippen molar-refractivity contribution in [3.05, 3.63) is 108 Å². The number of nitrogens with one attached hydrogen (secondary N) is 1. The molecule has 0 aliphatic carbocycles. The van der Waals surface area contributed by atoms with Crippen molar-refractivity contribution in [3.63, 3.8) is 0 Å². The highest BCUT2D eigenvalue weighted by Crippen LogP contribution is 2.39. The molecule has 0 radical (unpaired) electrons. The van der Waals surface area contributed by atoms with Gasteiger partial charge < -0.3 is 11.1 Å². The molecule has 0 bridgehead atoms. The van der Waals surface area contributed by atoms with Crippen LogP contribution >= 0.6 is 0 Å². The van der Waals surface area contributed by atoms with Gasteiger partial charge in [-0.05, 0) is 36.0 Å². The van der Waals surface area contributed by atoms with Gasteiger partial charge >= 0.3 is 0 Å². The molecule has 3 rings (SSSR count). The second-order valence-corrected chi connectivity index (χ2v) is 7.68. The third kappa shape index (κ3) is 4.87. The molecule has 2 amide bonds. The minimum atomic E-state index is -1.16. The first kappa shape index (κ1) is 22.8. The second kappa shape index (κ2) is 10.9. The lowest BCUT2D eigenvalue weighted by Crippen LogP contribution is -2.53. The highest BCUT2D eigenvalue weighted by molar-refractivity contribution is 5.98. The Labute approximate surface area is 188 Å². The van der Waals surface area contributed by atoms with Crippen LogP contribution in [0, 0.1) is 11.3 Å². The van der Waals surface area contributed by atoms with E-state index < -0.39 is 17.4 Å². The van der Waals surface area contributed by atoms with Gasteiger partial charge in [0.1, 0.15) is 11.5 Å². The van der Waals surface area contributed by atoms with Crippen LogP contribution in [0.1, 0.15) is 42.4 Å². The van der Waals surface area contributed by atoms with Gasteiger partial charge in [0.2, 0.25) is 11.8 Å². The third-order valence-electron chi connectivity index (χ3n) is 5.64. The Morgan fingerprint density at radius 2 is 1.25 bits per heavy atom. The van der Waals surface area contributed by atoms with E-state index in [0.717, 1.165) is 16.7 Å². The van der Waals surface area contributed by atoms with E-state index in [4.69, 9.17) is 11.0 Å². The summed E-state index contributed by atoms with van der Waals surface area (Å²) in [6.45, 7) is 0. The maximum atomic E-state index is 14.1. The molecule has 32 heavy (non-hydrogen) atoms. The van der Waals surface area contributed by atoms with E-state index in [1.807, 2.05) is 91.0 Å². The second-order valence-electron chi connectivity index (χ2n) is 7.68. The van der Waals surface area contributed by atoms with Crippen molar-refractivity contribution in [1.82, 2.24) is 5.32 Å². The summed E-state index contributed by atoms with van der Waals surface area (Å²) in [6.07, 6.45) is 2.06. The zero-order valence-electron chi connectivity index (χ0n) is 17.9. The van der Waals surface area contributed by atoms with Crippen molar-refractivity contribution in [2.24, 2.45) is 5.73 Å². The number of carbonyl (C=O) groups excluding carboxylic acids is 2. The fraction of sp³-hybridized carbons (Fsp3) is 0.222. The predicted molar refractivity (Wildman–Crippen MR) is 124 cm³/mol. The Kier molecular flexibility index (Phi) is 7.77. The third-order valence-corrected chi connectivity index (χ3v) is 5.64. The lowest BCUT2D eigenvalue weighted by Gasteiger charge is -2.35. The van der Waals surface area contributed by atoms with E-state index in [-0.39, 0.29) is 5.91 Å². The summed E-state index contributed by atoms with van der Waals surface area (Å²) in [5, 5.41) is 11.7. The van der Waals surface area contributed by atoms with Gasteiger partial charge in [0.05, 0.1) is 6.07 Å². The Morgan fingerprint density at radius 1 is 0.812 bits per heavy atom. The van der Waals surface area contributed by atoms with Gasteiger partial charge in [-0.25, -0.2) is 0 Å². The molecule has 0 aliphatic heterocycles. The average molecular weight is 426 g/mol. The molecule has 3 aromatic rings. The van der Waals surface area contributed by atoms with E-state index in [9.17, 15) is 9.59 Å². The molecule has 0 aromatic heterocycles. The van der Waals surface area contributed by atoms with Gasteiger partial charge in [-0.15, -0.1) is 0 Å². The van der Waals surface area contributed by atoms with Crippen molar-refractivity contribution in [2.45, 2.75) is 37.1 Å². The Hall–Kier alpha value is -3.91. The molecule has 0 fully saturated rings. The number of primary amides is 1. The molecule has 0 heterocycles. The number of amides is 2. The number of carbonyl (C=O) groups is 2. The number of nitriles is 1. The summed E-state index contributed by atoms with van der Waals surface area (Å²) in [7, 11) is 0. The van der Waals surface area contributed by atoms with Gasteiger partial charge in [0.15, 0.2) is 0 Å². The molecule has 5 nitrogen and oxygen atoms in total. The smallest absolute Gasteiger partial charge is 0.240 e. The van der Waals surface area contributed by atoms with E-state index in [1.54, 1.807) is 0 Å². The monoisotopic (exact) mass is 425 g/mol. The van der Waals surface area contributed by atoms with Crippen molar-refractivity contribution < 1.29 is 9.59 Å². The minimum Gasteiger partial charge on any atom is -0.368 e. The highest BCUT2D eigenvalue weighted by atomic mass is 16.2. The number of rotatable bonds is 10. The first-order chi connectivity index (χ1) is 15.6. The molecule has 5 heteroatoms. The number of unbranched alkanes of at least 4 members (excludes halogenated alkanes) is 2. The predicted octanol–water partition coefficient (Wildman–Crippen LogP) is 4.08. The number of hydrogen-bond donors (Lipinski definition) is 2. The van der Waals surface area contributed by atoms with Crippen molar-refractivity contribution in [1.29, 1.82) is 5.26 Å². The van der Waals surface area contributed by atoms with Crippen LogP contribution in [0.3, 0.4) is 0 Å². The van der Waals surface area contributed by atoms with Crippen LogP contribution < -0.4 is 11.1 Å². The number of nitrogens with two attached hydrogens (primary N) is 1. The van der Waals surface area contributed by atoms with Gasteiger partial charge in [0, 0.05) is 6.42 Å². The van der Waals surface area contributed by atoms with E-state index in [1.165, 1.54) is 0 Å². The molecule has 3 aromatic carbocycles. The Bertz CT molecular complexity index is 964. The Balaban J connectivity index is 2.11. The quantitative estimate of drug-likeness (QED) is 0.378. The van der Waals surface area contributed by atoms with Crippen LogP contribution in [0.5, 0.6) is 0 Å². The maximum absolute atomic E-state index is 14.1. The molecule has 0 spiro atoms. The fourth-order valence-corrected chi connectivity index (χ4v) is 4.06. The lowest BCUT2D eigenvalue weighted by molar-refractivity contribution is -0.129. The fourth-order valence-electron chi connectivity index (χ4n) is 4.06. The maximum Gasteiger partial charge on any atom is 0.240 e. The van der Waals surface area contributed by atoms with E-state index in [2.05, 4.69) is 11.4 Å². The van der Waals surface area contributed by atoms with Crippen molar-refractivity contribution in [2.75, 3.05) is 0 Å². The first-order valence-corrected chi connectivity index (χ1v) is 10.7. The summed E-state index contributed by atoms with van der Waals surface area (Å²) in [5.41, 5.74) is 6.86. The number of benzene rings is 3. The van der Waals surface area contributed by atoms with Crippen molar-refractivity contribution in [3.8, 4) is 6.07 Å². The molecular formula is C27H27N3O2. The summed E-state index contributed by atoms with van der Waals surface area (Å²) in [6, 6.07) is 29.9. The minimum absolute atomic E-state index is 0.315. The summed E-state index contributed by atoms with van der Waals surface area (Å²) in [4.78, 5) is 26.3. The largest absolute Gasteiger partial charge is 0.368 e. The normalized spacial score (nSPS) is 11.8. The van der Waals surface area contributed by atoms with Crippen LogP contribution in [0.25, 0.3) is 0 Å². The lowest BCUT2D eigenvalue weighted by atomic mass is 9.68. The summed E-state index contributed by atoms with van der Waals surface area (Å²) in [5.74, 6) is -0.899. The molecule has 0 saturated heterocycles. The first-order valence-electron chi connectivity index (χ1n) is 10.7. The van der Waals surface area contributed by atoms with Gasteiger partial charge in [0.25, 0.3) is 0 Å². The summed E-state index contributed by atoms with van der Waals surface area (Å²) >= 11 is 0. The molecule has 162 valence electrons. The summed E-state index contributed by atoms with van der Waals surface area (Å²) < 4.78 is 0. The SMILES string of the molecule is N#CCCCC[C@H](NC(=O)C(c1ccccc1)(c1ccccc1)c1ccccc1)C(N)=O. The molecule has 0 unspecified atom stereocenters. The highest BCUT2D eigenvalue weighted by Gasteiger charge is 2.44. The molecule has 1 atom stereocenters. The standard InChI is InChI=1S/C27H27N3O2/c28-20-12-4-11-19-24(25(29)31)30-26(32)27(21-13-5-1-6-14-21,22-15-7-2-8-16-22)23-17-9-3-10-18-23/h1-3,5-10,13-18,24H,4,11-12,19H2,(H2,29,31)(H,30,32)/t24-/m0/s1. The molecular weight excluding hydrogens is 398 g/mol. The number of nitrogens with zero attached hydrogens (tertiary/aromatic N) is 1. The van der Waals surface area contributed by atoms with Crippen molar-refractivity contribution >= 4 is 11.8 Å². The molecule has 0 aliphatic rings. The van der Waals surface area contributed by atoms with Gasteiger partial charge in [-0.3, -0.25) is 9.59 Å². The average Bonchev–Trinajstić information content (AvgIpc) is 2.83. The van der Waals surface area contributed by atoms with E-state index >= 15 is 0 Å². The van der Waals surface area contributed by atoms with Crippen LogP contribution in [-0.2, 0) is 15.0 Å². The van der Waals surface area contributed by atoms with Crippen LogP contribution in [0.15, 0.2) is 91.0 Å². The van der Waals surface area contributed by atoms with Gasteiger partial charge in [-0.1, -0.05) is 91.0 Å². The zero-order valence-corrected chi connectivity index (χ0v) is 17.9. The van der Waals surface area contributed by atoms with Crippen LogP contribution in [0.4, 0.5) is 0 Å². The topological polar surface area (TPSA) is 96.0 Å². The number of hydrogen-bond acceptors (Lipinski definition) is 3. The zero-order chi connectivity index (χ0) is 22.8. The van der Waals surface area contributed by atoms with Crippen LogP contribution in [0.2, 0.25) is 0 Å². The van der Waals surface area contributed by atoms with E-state index in [0.29, 0.717) is 25.7 Å². The van der Waals surface area contributed by atoms with Gasteiger partial charge in [-0.2, -0.15) is 5.26 Å². The molecule has 0 saturated carbocycles. The Morgan fingerprint density at radius 3 is 1.62 bits per heavy atom.